The van der Waals surface area contributed by atoms with Crippen LogP contribution in [0.15, 0.2) is 212 Å². The predicted octanol–water partition coefficient (Wildman–Crippen LogP) is 19.1. The van der Waals surface area contributed by atoms with Crippen molar-refractivity contribution >= 4 is 132 Å². The highest BCUT2D eigenvalue weighted by Gasteiger charge is 2.39. The number of fused-ring (bicyclic) bond motifs is 1. The lowest BCUT2D eigenvalue weighted by Gasteiger charge is -2.34. The van der Waals surface area contributed by atoms with Gasteiger partial charge in [-0.1, -0.05) is 44.9 Å². The van der Waals surface area contributed by atoms with Crippen LogP contribution in [0.5, 0.6) is 5.75 Å². The molecule has 6 amide bonds. The molecule has 5 unspecified atom stereocenters. The molecule has 1 aliphatic carbocycles. The Morgan fingerprint density at radius 2 is 0.814 bits per heavy atom. The molecule has 129 heavy (non-hydrogen) atoms. The second-order valence-electron chi connectivity index (χ2n) is 35.4. The van der Waals surface area contributed by atoms with Crippen LogP contribution in [0.4, 0.5) is 70.0 Å². The van der Waals surface area contributed by atoms with E-state index in [2.05, 4.69) is 84.9 Å². The monoisotopic (exact) mass is 1850 g/mol. The number of hydrogen-bond donors (Lipinski definition) is 8. The number of anilines is 10. The number of halogens is 3. The molecule has 9 aromatic carbocycles. The highest BCUT2D eigenvalue weighted by Crippen LogP contribution is 2.42. The number of nitrogens with one attached hydrogen (secondary N) is 8. The van der Waals surface area contributed by atoms with E-state index in [1.807, 2.05) is 48.5 Å². The third kappa shape index (κ3) is 26.8. The lowest BCUT2D eigenvalue weighted by atomic mass is 9.71. The zero-order valence-electron chi connectivity index (χ0n) is 74.7. The van der Waals surface area contributed by atoms with Gasteiger partial charge in [0.2, 0.25) is 40.1 Å². The molecule has 2 saturated heterocycles. The van der Waals surface area contributed by atoms with Crippen LogP contribution in [0.25, 0.3) is 0 Å². The number of carbonyl (C=O) groups excluding carboxylic acids is 6. The molecule has 9 aromatic rings. The molecule has 0 radical (unpaired) electrons. The van der Waals surface area contributed by atoms with Crippen molar-refractivity contribution in [3.63, 3.8) is 0 Å². The maximum atomic E-state index is 12.9. The maximum Gasteiger partial charge on any atom is 0.416 e. The summed E-state index contributed by atoms with van der Waals surface area (Å²) in [6, 6.07) is 55.7. The van der Waals surface area contributed by atoms with Crippen molar-refractivity contribution in [2.24, 2.45) is 11.8 Å². The molecule has 0 bridgehead atoms. The quantitative estimate of drug-likeness (QED) is 0.0292. The second kappa shape index (κ2) is 41.4. The zero-order valence-corrected chi connectivity index (χ0v) is 78.0. The SMILES string of the molecule is CC(C)(C)S(=O)(=O)Nc1ccc(C(=O)Nc2ccc3c(c2)C(=O)N(c2ccc(C(F)(F)F)cc2)C3=O)cc1.CC(C)S(=O)(=O)Nc1ccc(C(=O)Nc2cccc(N3CCOCC3)c2)cc1.CC1CC(Oc2ccc(NC(=O)c3ccc(NS(=O)(=O)C(C)(C)C)cc3)cc2)CC(C)O1.CC1CCCC(c2ccc(NC(=O)c3ccc(NS(=O)(=O)C(C)(C)C)cc3)cc2)C1C. The molecule has 0 aromatic heterocycles. The minimum atomic E-state index is -4.56. The van der Waals surface area contributed by atoms with Crippen LogP contribution >= 0.6 is 0 Å². The Morgan fingerprint density at radius 1 is 0.434 bits per heavy atom. The number of benzene rings is 9. The van der Waals surface area contributed by atoms with Crippen molar-refractivity contribution in [2.45, 2.75) is 186 Å². The van der Waals surface area contributed by atoms with E-state index < -0.39 is 89.0 Å². The van der Waals surface area contributed by atoms with Crippen LogP contribution < -0.4 is 54.7 Å². The van der Waals surface area contributed by atoms with E-state index in [9.17, 15) is 75.6 Å². The normalized spacial score (nSPS) is 17.9. The van der Waals surface area contributed by atoms with Gasteiger partial charge in [0.15, 0.2) is 0 Å². The summed E-state index contributed by atoms with van der Waals surface area (Å²) in [7, 11) is -14.1. The third-order valence-corrected chi connectivity index (χ3v) is 30.2. The molecular weight excluding hydrogens is 1740 g/mol. The fourth-order valence-corrected chi connectivity index (χ4v) is 16.8. The predicted molar refractivity (Wildman–Crippen MR) is 502 cm³/mol. The van der Waals surface area contributed by atoms with Gasteiger partial charge in [0.05, 0.1) is 67.3 Å². The molecule has 3 fully saturated rings. The number of carbonyl (C=O) groups is 6. The average Bonchev–Trinajstić information content (AvgIpc) is 1.61. The number of rotatable bonds is 22. The van der Waals surface area contributed by atoms with Crippen molar-refractivity contribution in [1.29, 1.82) is 0 Å². The third-order valence-electron chi connectivity index (χ3n) is 22.1. The number of sulfonamides is 4. The van der Waals surface area contributed by atoms with Gasteiger partial charge in [-0.25, -0.2) is 38.6 Å². The van der Waals surface area contributed by atoms with Crippen LogP contribution in [0.2, 0.25) is 0 Å². The topological polar surface area (TPSA) is 369 Å². The van der Waals surface area contributed by atoms with Crippen molar-refractivity contribution in [3.8, 4) is 5.75 Å². The van der Waals surface area contributed by atoms with Gasteiger partial charge in [-0.2, -0.15) is 13.2 Å². The summed E-state index contributed by atoms with van der Waals surface area (Å²) in [5.74, 6) is 0.00456. The minimum Gasteiger partial charge on any atom is -0.490 e. The number of hydrogen-bond acceptors (Lipinski definition) is 18. The van der Waals surface area contributed by atoms with Gasteiger partial charge < -0.3 is 40.4 Å². The van der Waals surface area contributed by atoms with Crippen LogP contribution in [0.3, 0.4) is 0 Å². The summed E-state index contributed by atoms with van der Waals surface area (Å²) in [5, 5.41) is 10.7. The Balaban J connectivity index is 0.000000180. The fraction of sp³-hybridized carbons (Fsp3) is 0.368. The van der Waals surface area contributed by atoms with Crippen LogP contribution in [0.1, 0.15) is 215 Å². The van der Waals surface area contributed by atoms with Crippen molar-refractivity contribution < 1.29 is 89.8 Å². The van der Waals surface area contributed by atoms with E-state index in [-0.39, 0.29) is 69.8 Å². The molecular formula is C95H113F3N10O17S4. The molecule has 1 saturated carbocycles. The smallest absolute Gasteiger partial charge is 0.416 e. The molecule has 8 N–H and O–H groups in total. The highest BCUT2D eigenvalue weighted by molar-refractivity contribution is 7.94. The first-order valence-corrected chi connectivity index (χ1v) is 48.2. The summed E-state index contributed by atoms with van der Waals surface area (Å²) in [6.45, 7) is 29.5. The first-order chi connectivity index (χ1) is 60.3. The minimum absolute atomic E-state index is 0.0142. The Kier molecular flexibility index (Phi) is 31.9. The van der Waals surface area contributed by atoms with E-state index in [1.165, 1.54) is 67.3 Å². The molecule has 27 nitrogen and oxygen atoms in total. The number of imide groups is 1. The van der Waals surface area contributed by atoms with E-state index in [0.29, 0.717) is 70.2 Å². The van der Waals surface area contributed by atoms with E-state index in [1.54, 1.807) is 161 Å². The number of nitrogens with zero attached hydrogens (tertiary/aromatic N) is 2. The van der Waals surface area contributed by atoms with Gasteiger partial charge in [-0.3, -0.25) is 47.7 Å². The lowest BCUT2D eigenvalue weighted by Crippen LogP contribution is -2.36. The maximum absolute atomic E-state index is 12.9. The van der Waals surface area contributed by atoms with Gasteiger partial charge in [-0.05, 0) is 314 Å². The number of amides is 6. The molecule has 3 heterocycles. The number of alkyl halides is 3. The molecule has 34 heteroatoms. The standard InChI is InChI=1S/C26H22F3N3O5S.C25H34N2O3S.C24H32N2O5S.C20H25N3O4S/c1-25(2,3)38(36,37)31-17-8-4-15(5-9-17)22(33)30-18-10-13-20-21(14-18)24(35)32(23(20)34)19-11-6-16(7-12-19)26(27,28)29;1-17-7-6-8-23(18(17)2)19-9-13-21(14-10-19)26-24(28)20-11-15-22(16-12-20)27-31(29,30)25(3,4)5;1-16-14-22(15-17(2)30-16)31-21-12-10-19(11-13-21)25-23(27)18-6-8-20(9-7-18)26-32(28,29)24(3,4)5;1-15(2)28(25,26)22-17-8-6-16(7-9-17)20(24)21-18-4-3-5-19(14-18)23-10-12-27-13-11-23/h4-14,31H,1-3H3,(H,30,33);9-18,23,27H,6-8H2,1-5H3,(H,26,28);6-13,16-17,22,26H,14-15H2,1-5H3,(H,25,27);3-9,14-15,22H,10-13H2,1-2H3,(H,21,24). The van der Waals surface area contributed by atoms with Crippen molar-refractivity contribution in [1.82, 2.24) is 0 Å². The lowest BCUT2D eigenvalue weighted by molar-refractivity contribution is -0.137. The molecule has 4 aliphatic rings. The average molecular weight is 1850 g/mol. The van der Waals surface area contributed by atoms with Crippen molar-refractivity contribution in [2.75, 3.05) is 76.3 Å². The summed E-state index contributed by atoms with van der Waals surface area (Å²) in [4.78, 5) is 79.1. The Bertz CT molecular complexity index is 5940. The fourth-order valence-electron chi connectivity index (χ4n) is 13.8. The van der Waals surface area contributed by atoms with Gasteiger partial charge in [-0.15, -0.1) is 0 Å². The zero-order chi connectivity index (χ0) is 94.5. The Labute approximate surface area is 754 Å². The summed E-state index contributed by atoms with van der Waals surface area (Å²) < 4.78 is 160. The van der Waals surface area contributed by atoms with E-state index in [4.69, 9.17) is 14.2 Å². The van der Waals surface area contributed by atoms with E-state index in [0.717, 1.165) is 78.1 Å². The number of ether oxygens (including phenoxy) is 3. The molecule has 0 spiro atoms. The summed E-state index contributed by atoms with van der Waals surface area (Å²) in [6.07, 6.45) is 1.42. The summed E-state index contributed by atoms with van der Waals surface area (Å²) >= 11 is 0. The second-order valence-corrected chi connectivity index (χ2v) is 44.9. The highest BCUT2D eigenvalue weighted by atomic mass is 32.2. The first-order valence-electron chi connectivity index (χ1n) is 42.2. The first kappa shape index (κ1) is 99.5. The molecule has 13 rings (SSSR count). The molecule has 690 valence electrons. The van der Waals surface area contributed by atoms with Gasteiger partial charge >= 0.3 is 6.18 Å². The van der Waals surface area contributed by atoms with E-state index >= 15 is 0 Å². The van der Waals surface area contributed by atoms with Gasteiger partial charge in [0, 0.05) is 99.4 Å². The molecule has 3 aliphatic heterocycles. The Hall–Kier alpha value is -11.7. The molecule has 5 atom stereocenters. The summed E-state index contributed by atoms with van der Waals surface area (Å²) in [5.41, 5.74) is 6.91. The Morgan fingerprint density at radius 3 is 1.22 bits per heavy atom. The van der Waals surface area contributed by atoms with Crippen LogP contribution in [-0.2, 0) is 55.7 Å². The van der Waals surface area contributed by atoms with Crippen molar-refractivity contribution in [3.05, 3.63) is 257 Å². The van der Waals surface area contributed by atoms with Crippen LogP contribution in [-0.4, -0.2) is 133 Å². The van der Waals surface area contributed by atoms with Gasteiger partial charge in [0.1, 0.15) is 11.9 Å². The largest absolute Gasteiger partial charge is 0.490 e. The van der Waals surface area contributed by atoms with Gasteiger partial charge in [0.25, 0.3) is 35.4 Å². The number of morpholine rings is 1. The van der Waals surface area contributed by atoms with Crippen LogP contribution in [0, 0.1) is 11.8 Å².